The molecule has 1 saturated carbocycles. The van der Waals surface area contributed by atoms with Gasteiger partial charge in [-0.15, -0.1) is 0 Å². The number of carbonyl (C=O) groups is 1. The van der Waals surface area contributed by atoms with Crippen LogP contribution in [-0.2, 0) is 11.0 Å². The SMILES string of the molecule is COc1cc(NC(=O)CN(C2CC2)C(C)c2cccc(C(F)(F)F)c2)cc(OC)c1. The van der Waals surface area contributed by atoms with Gasteiger partial charge in [0.05, 0.1) is 26.3 Å². The highest BCUT2D eigenvalue weighted by molar-refractivity contribution is 5.92. The van der Waals surface area contributed by atoms with E-state index < -0.39 is 11.7 Å². The van der Waals surface area contributed by atoms with Gasteiger partial charge in [-0.05, 0) is 37.5 Å². The van der Waals surface area contributed by atoms with Gasteiger partial charge in [0.15, 0.2) is 0 Å². The lowest BCUT2D eigenvalue weighted by molar-refractivity contribution is -0.137. The van der Waals surface area contributed by atoms with Crippen molar-refractivity contribution in [1.82, 2.24) is 4.90 Å². The number of rotatable bonds is 8. The molecule has 3 rings (SSSR count). The number of carbonyl (C=O) groups excluding carboxylic acids is 1. The number of anilines is 1. The summed E-state index contributed by atoms with van der Waals surface area (Å²) in [4.78, 5) is 14.6. The highest BCUT2D eigenvalue weighted by Gasteiger charge is 2.35. The fourth-order valence-electron chi connectivity index (χ4n) is 3.40. The maximum Gasteiger partial charge on any atom is 0.416 e. The third-order valence-electron chi connectivity index (χ3n) is 5.17. The Bertz CT molecular complexity index is 875. The molecule has 0 heterocycles. The van der Waals surface area contributed by atoms with E-state index in [1.54, 1.807) is 24.3 Å². The Balaban J connectivity index is 1.74. The molecule has 0 saturated heterocycles. The molecule has 1 N–H and O–H groups in total. The number of hydrogen-bond acceptors (Lipinski definition) is 4. The number of hydrogen-bond donors (Lipinski definition) is 1. The minimum absolute atomic E-state index is 0.0710. The van der Waals surface area contributed by atoms with E-state index >= 15 is 0 Å². The van der Waals surface area contributed by atoms with Crippen LogP contribution in [0.1, 0.15) is 36.9 Å². The van der Waals surface area contributed by atoms with E-state index in [1.807, 2.05) is 11.8 Å². The Morgan fingerprint density at radius 3 is 2.30 bits per heavy atom. The number of ether oxygens (including phenoxy) is 2. The topological polar surface area (TPSA) is 50.8 Å². The van der Waals surface area contributed by atoms with Gasteiger partial charge in [-0.1, -0.05) is 12.1 Å². The second-order valence-corrected chi connectivity index (χ2v) is 7.35. The Labute approximate surface area is 173 Å². The average molecular weight is 422 g/mol. The van der Waals surface area contributed by atoms with Crippen molar-refractivity contribution in [2.75, 3.05) is 26.1 Å². The minimum Gasteiger partial charge on any atom is -0.497 e. The van der Waals surface area contributed by atoms with Crippen LogP contribution in [0.25, 0.3) is 0 Å². The molecule has 162 valence electrons. The van der Waals surface area contributed by atoms with Gasteiger partial charge in [0.1, 0.15) is 11.5 Å². The predicted octanol–water partition coefficient (Wildman–Crippen LogP) is 4.89. The number of benzene rings is 2. The number of methoxy groups -OCH3 is 2. The van der Waals surface area contributed by atoms with Gasteiger partial charge in [-0.3, -0.25) is 9.69 Å². The van der Waals surface area contributed by atoms with Gasteiger partial charge in [0, 0.05) is 36.0 Å². The number of nitrogens with one attached hydrogen (secondary N) is 1. The van der Waals surface area contributed by atoms with Crippen molar-refractivity contribution in [3.8, 4) is 11.5 Å². The minimum atomic E-state index is -4.40. The first-order chi connectivity index (χ1) is 14.2. The molecule has 1 aliphatic rings. The van der Waals surface area contributed by atoms with Crippen LogP contribution in [0.15, 0.2) is 42.5 Å². The van der Waals surface area contributed by atoms with Crippen molar-refractivity contribution in [2.24, 2.45) is 0 Å². The molecule has 30 heavy (non-hydrogen) atoms. The van der Waals surface area contributed by atoms with Gasteiger partial charge >= 0.3 is 6.18 Å². The fraction of sp³-hybridized carbons (Fsp3) is 0.409. The highest BCUT2D eigenvalue weighted by Crippen LogP contribution is 2.36. The van der Waals surface area contributed by atoms with Crippen LogP contribution in [0.2, 0.25) is 0 Å². The summed E-state index contributed by atoms with van der Waals surface area (Å²) in [5.41, 5.74) is 0.377. The van der Waals surface area contributed by atoms with E-state index in [9.17, 15) is 18.0 Å². The summed E-state index contributed by atoms with van der Waals surface area (Å²) in [6, 6.07) is 10.2. The molecular weight excluding hydrogens is 397 g/mol. The van der Waals surface area contributed by atoms with Crippen molar-refractivity contribution in [1.29, 1.82) is 0 Å². The predicted molar refractivity (Wildman–Crippen MR) is 108 cm³/mol. The van der Waals surface area contributed by atoms with E-state index in [4.69, 9.17) is 9.47 Å². The van der Waals surface area contributed by atoms with Gasteiger partial charge in [-0.2, -0.15) is 13.2 Å². The van der Waals surface area contributed by atoms with Crippen molar-refractivity contribution in [2.45, 2.75) is 38.0 Å². The lowest BCUT2D eigenvalue weighted by atomic mass is 10.0. The Morgan fingerprint density at radius 2 is 1.77 bits per heavy atom. The van der Waals surface area contributed by atoms with Crippen LogP contribution in [0.4, 0.5) is 18.9 Å². The smallest absolute Gasteiger partial charge is 0.416 e. The fourth-order valence-corrected chi connectivity index (χ4v) is 3.40. The third kappa shape index (κ3) is 5.44. The number of nitrogens with zero attached hydrogens (tertiary/aromatic N) is 1. The first kappa shape index (κ1) is 22.0. The lowest BCUT2D eigenvalue weighted by Crippen LogP contribution is -2.37. The largest absolute Gasteiger partial charge is 0.497 e. The van der Waals surface area contributed by atoms with Crippen molar-refractivity contribution in [3.05, 3.63) is 53.6 Å². The van der Waals surface area contributed by atoms with Gasteiger partial charge in [-0.25, -0.2) is 0 Å². The Morgan fingerprint density at radius 1 is 1.13 bits per heavy atom. The number of amides is 1. The normalized spacial score (nSPS) is 15.0. The van der Waals surface area contributed by atoms with E-state index in [-0.39, 0.29) is 24.5 Å². The summed E-state index contributed by atoms with van der Waals surface area (Å²) < 4.78 is 49.7. The molecule has 5 nitrogen and oxygen atoms in total. The molecule has 1 amide bonds. The summed E-state index contributed by atoms with van der Waals surface area (Å²) in [7, 11) is 3.04. The standard InChI is InChI=1S/C22H25F3N2O3/c1-14(15-5-4-6-16(9-15)22(23,24)25)27(18-7-8-18)13-21(28)26-17-10-19(29-2)12-20(11-17)30-3/h4-6,9-12,14,18H,7-8,13H2,1-3H3,(H,26,28). The lowest BCUT2D eigenvalue weighted by Gasteiger charge is -2.29. The molecule has 0 aromatic heterocycles. The molecule has 8 heteroatoms. The summed E-state index contributed by atoms with van der Waals surface area (Å²) in [6.07, 6.45) is -2.56. The Kier molecular flexibility index (Phi) is 6.55. The van der Waals surface area contributed by atoms with Crippen molar-refractivity contribution in [3.63, 3.8) is 0 Å². The molecule has 0 bridgehead atoms. The second kappa shape index (κ2) is 8.95. The van der Waals surface area contributed by atoms with E-state index in [0.29, 0.717) is 22.7 Å². The molecule has 0 radical (unpaired) electrons. The van der Waals surface area contributed by atoms with Crippen LogP contribution in [0, 0.1) is 0 Å². The van der Waals surface area contributed by atoms with Crippen LogP contribution < -0.4 is 14.8 Å². The summed E-state index contributed by atoms with van der Waals surface area (Å²) in [6.45, 7) is 1.90. The molecule has 0 spiro atoms. The molecule has 2 aromatic rings. The van der Waals surface area contributed by atoms with Crippen LogP contribution in [0.5, 0.6) is 11.5 Å². The number of alkyl halides is 3. The highest BCUT2D eigenvalue weighted by atomic mass is 19.4. The first-order valence-corrected chi connectivity index (χ1v) is 9.67. The molecule has 1 fully saturated rings. The second-order valence-electron chi connectivity index (χ2n) is 7.35. The van der Waals surface area contributed by atoms with Crippen molar-refractivity contribution < 1.29 is 27.4 Å². The van der Waals surface area contributed by atoms with E-state index in [0.717, 1.165) is 25.0 Å². The quantitative estimate of drug-likeness (QED) is 0.658. The van der Waals surface area contributed by atoms with E-state index in [2.05, 4.69) is 5.32 Å². The summed E-state index contributed by atoms with van der Waals surface area (Å²) in [5.74, 6) is 0.832. The zero-order valence-electron chi connectivity index (χ0n) is 17.1. The molecule has 1 unspecified atom stereocenters. The van der Waals surface area contributed by atoms with Crippen LogP contribution in [-0.4, -0.2) is 37.6 Å². The summed E-state index contributed by atoms with van der Waals surface area (Å²) in [5, 5.41) is 2.83. The molecule has 1 aliphatic carbocycles. The van der Waals surface area contributed by atoms with Crippen molar-refractivity contribution >= 4 is 11.6 Å². The zero-order chi connectivity index (χ0) is 21.9. The van der Waals surface area contributed by atoms with E-state index in [1.165, 1.54) is 20.3 Å². The van der Waals surface area contributed by atoms with Crippen LogP contribution in [0.3, 0.4) is 0 Å². The average Bonchev–Trinajstić information content (AvgIpc) is 3.55. The maximum atomic E-state index is 13.1. The van der Waals surface area contributed by atoms with Crippen LogP contribution >= 0.6 is 0 Å². The third-order valence-corrected chi connectivity index (χ3v) is 5.17. The first-order valence-electron chi connectivity index (χ1n) is 9.67. The zero-order valence-corrected chi connectivity index (χ0v) is 17.1. The maximum absolute atomic E-state index is 13.1. The Hall–Kier alpha value is -2.74. The number of halogens is 3. The van der Waals surface area contributed by atoms with Gasteiger partial charge in [0.25, 0.3) is 0 Å². The molecule has 2 aromatic carbocycles. The molecular formula is C22H25F3N2O3. The molecule has 1 atom stereocenters. The van der Waals surface area contributed by atoms with Gasteiger partial charge in [0.2, 0.25) is 5.91 Å². The van der Waals surface area contributed by atoms with Gasteiger partial charge < -0.3 is 14.8 Å². The molecule has 0 aliphatic heterocycles. The summed E-state index contributed by atoms with van der Waals surface area (Å²) >= 11 is 0. The monoisotopic (exact) mass is 422 g/mol.